The molecule has 0 spiro atoms. The zero-order valence-electron chi connectivity index (χ0n) is 12.3. The van der Waals surface area contributed by atoms with E-state index in [0.717, 1.165) is 22.3 Å². The summed E-state index contributed by atoms with van der Waals surface area (Å²) in [4.78, 5) is 12.2. The SMILES string of the molecule is CCOc1ccc(/C=C/C(=O)c2cc3ccccc3o2)cc1. The lowest BCUT2D eigenvalue weighted by atomic mass is 10.1. The van der Waals surface area contributed by atoms with Crippen molar-refractivity contribution >= 4 is 22.8 Å². The molecule has 0 saturated carbocycles. The third kappa shape index (κ3) is 3.09. The fourth-order valence-corrected chi connectivity index (χ4v) is 2.20. The van der Waals surface area contributed by atoms with Gasteiger partial charge in [-0.1, -0.05) is 36.4 Å². The van der Waals surface area contributed by atoms with E-state index in [0.29, 0.717) is 12.4 Å². The highest BCUT2D eigenvalue weighted by atomic mass is 16.5. The predicted molar refractivity (Wildman–Crippen MR) is 87.2 cm³/mol. The van der Waals surface area contributed by atoms with Crippen molar-refractivity contribution in [2.45, 2.75) is 6.92 Å². The van der Waals surface area contributed by atoms with Gasteiger partial charge in [0, 0.05) is 5.39 Å². The summed E-state index contributed by atoms with van der Waals surface area (Å²) in [7, 11) is 0. The van der Waals surface area contributed by atoms with Gasteiger partial charge in [0.1, 0.15) is 11.3 Å². The first-order valence-corrected chi connectivity index (χ1v) is 7.20. The zero-order valence-corrected chi connectivity index (χ0v) is 12.3. The molecule has 0 atom stereocenters. The van der Waals surface area contributed by atoms with Crippen LogP contribution in [-0.2, 0) is 0 Å². The van der Waals surface area contributed by atoms with Gasteiger partial charge < -0.3 is 9.15 Å². The molecular formula is C19H16O3. The summed E-state index contributed by atoms with van der Waals surface area (Å²) in [6, 6.07) is 16.9. The Balaban J connectivity index is 1.75. The quantitative estimate of drug-likeness (QED) is 0.504. The fourth-order valence-electron chi connectivity index (χ4n) is 2.20. The van der Waals surface area contributed by atoms with Gasteiger partial charge in [-0.05, 0) is 42.8 Å². The first-order valence-electron chi connectivity index (χ1n) is 7.20. The average molecular weight is 292 g/mol. The molecule has 0 aliphatic rings. The lowest BCUT2D eigenvalue weighted by Crippen LogP contribution is -1.91. The molecule has 0 fully saturated rings. The first-order chi connectivity index (χ1) is 10.8. The minimum atomic E-state index is -0.148. The Morgan fingerprint density at radius 2 is 1.91 bits per heavy atom. The Hall–Kier alpha value is -2.81. The van der Waals surface area contributed by atoms with E-state index in [4.69, 9.17) is 9.15 Å². The van der Waals surface area contributed by atoms with E-state index < -0.39 is 0 Å². The average Bonchev–Trinajstić information content (AvgIpc) is 2.98. The van der Waals surface area contributed by atoms with Gasteiger partial charge in [-0.15, -0.1) is 0 Å². The van der Waals surface area contributed by atoms with E-state index in [1.807, 2.05) is 55.5 Å². The molecule has 0 aliphatic heterocycles. The van der Waals surface area contributed by atoms with Crippen LogP contribution < -0.4 is 4.74 Å². The standard InChI is InChI=1S/C19H16O3/c1-2-21-16-10-7-14(8-11-16)9-12-17(20)19-13-15-5-3-4-6-18(15)22-19/h3-13H,2H2,1H3/b12-9+. The molecule has 1 heterocycles. The van der Waals surface area contributed by atoms with Crippen molar-refractivity contribution in [3.63, 3.8) is 0 Å². The maximum atomic E-state index is 12.2. The van der Waals surface area contributed by atoms with Crippen molar-refractivity contribution in [2.24, 2.45) is 0 Å². The number of ether oxygens (including phenoxy) is 1. The highest BCUT2D eigenvalue weighted by molar-refractivity contribution is 6.06. The van der Waals surface area contributed by atoms with E-state index in [1.54, 1.807) is 12.1 Å². The van der Waals surface area contributed by atoms with Crippen molar-refractivity contribution in [3.05, 3.63) is 72.0 Å². The molecule has 0 amide bonds. The molecule has 0 bridgehead atoms. The number of carbonyl (C=O) groups excluding carboxylic acids is 1. The van der Waals surface area contributed by atoms with E-state index in [2.05, 4.69) is 0 Å². The third-order valence-corrected chi connectivity index (χ3v) is 3.29. The van der Waals surface area contributed by atoms with Gasteiger partial charge >= 0.3 is 0 Å². The highest BCUT2D eigenvalue weighted by Crippen LogP contribution is 2.20. The number of hydrogen-bond acceptors (Lipinski definition) is 3. The van der Waals surface area contributed by atoms with Gasteiger partial charge in [0.25, 0.3) is 0 Å². The van der Waals surface area contributed by atoms with Crippen LogP contribution in [0.25, 0.3) is 17.0 Å². The Kier molecular flexibility index (Phi) is 4.05. The second kappa shape index (κ2) is 6.31. The number of rotatable bonds is 5. The number of furan rings is 1. The molecule has 22 heavy (non-hydrogen) atoms. The van der Waals surface area contributed by atoms with Crippen LogP contribution >= 0.6 is 0 Å². The number of para-hydroxylation sites is 1. The van der Waals surface area contributed by atoms with E-state index >= 15 is 0 Å². The fraction of sp³-hybridized carbons (Fsp3) is 0.105. The van der Waals surface area contributed by atoms with Gasteiger partial charge in [0.15, 0.2) is 5.76 Å². The second-order valence-electron chi connectivity index (χ2n) is 4.85. The molecule has 3 rings (SSSR count). The Bertz CT molecular complexity index is 777. The molecule has 0 radical (unpaired) electrons. The summed E-state index contributed by atoms with van der Waals surface area (Å²) in [5, 5.41) is 0.931. The van der Waals surface area contributed by atoms with Crippen molar-refractivity contribution in [3.8, 4) is 5.75 Å². The molecule has 0 saturated heterocycles. The minimum absolute atomic E-state index is 0.148. The Morgan fingerprint density at radius 1 is 1.14 bits per heavy atom. The van der Waals surface area contributed by atoms with Crippen LogP contribution in [0.4, 0.5) is 0 Å². The first kappa shape index (κ1) is 14.1. The maximum absolute atomic E-state index is 12.2. The second-order valence-corrected chi connectivity index (χ2v) is 4.85. The van der Waals surface area contributed by atoms with Crippen LogP contribution in [0.3, 0.4) is 0 Å². The summed E-state index contributed by atoms with van der Waals surface area (Å²) in [5.74, 6) is 1.02. The lowest BCUT2D eigenvalue weighted by Gasteiger charge is -2.01. The van der Waals surface area contributed by atoms with Gasteiger partial charge in [0.2, 0.25) is 5.78 Å². The van der Waals surface area contributed by atoms with Gasteiger partial charge in [0.05, 0.1) is 6.61 Å². The zero-order chi connectivity index (χ0) is 15.4. The molecule has 3 aromatic rings. The van der Waals surface area contributed by atoms with Gasteiger partial charge in [-0.25, -0.2) is 0 Å². The monoisotopic (exact) mass is 292 g/mol. The van der Waals surface area contributed by atoms with E-state index in [-0.39, 0.29) is 5.78 Å². The number of carbonyl (C=O) groups is 1. The van der Waals surface area contributed by atoms with Crippen LogP contribution in [0.5, 0.6) is 5.75 Å². The van der Waals surface area contributed by atoms with Gasteiger partial charge in [-0.3, -0.25) is 4.79 Å². The van der Waals surface area contributed by atoms with Crippen LogP contribution in [0.2, 0.25) is 0 Å². The molecule has 0 aliphatic carbocycles. The Morgan fingerprint density at radius 3 is 2.64 bits per heavy atom. The summed E-state index contributed by atoms with van der Waals surface area (Å²) < 4.78 is 10.9. The van der Waals surface area contributed by atoms with Crippen LogP contribution in [0, 0.1) is 0 Å². The maximum Gasteiger partial charge on any atom is 0.221 e. The van der Waals surface area contributed by atoms with Crippen LogP contribution in [0.1, 0.15) is 23.0 Å². The van der Waals surface area contributed by atoms with E-state index in [1.165, 1.54) is 6.08 Å². The Labute approximate surface area is 128 Å². The number of benzene rings is 2. The molecule has 2 aromatic carbocycles. The van der Waals surface area contributed by atoms with Crippen LogP contribution in [0.15, 0.2) is 65.1 Å². The summed E-state index contributed by atoms with van der Waals surface area (Å²) in [6.07, 6.45) is 3.29. The summed E-state index contributed by atoms with van der Waals surface area (Å²) in [5.41, 5.74) is 1.66. The smallest absolute Gasteiger partial charge is 0.221 e. The molecule has 1 aromatic heterocycles. The highest BCUT2D eigenvalue weighted by Gasteiger charge is 2.08. The van der Waals surface area contributed by atoms with Crippen LogP contribution in [-0.4, -0.2) is 12.4 Å². The van der Waals surface area contributed by atoms with Crippen molar-refractivity contribution in [1.82, 2.24) is 0 Å². The molecular weight excluding hydrogens is 276 g/mol. The van der Waals surface area contributed by atoms with Crippen molar-refractivity contribution in [1.29, 1.82) is 0 Å². The van der Waals surface area contributed by atoms with Crippen molar-refractivity contribution < 1.29 is 13.9 Å². The third-order valence-electron chi connectivity index (χ3n) is 3.29. The number of allylic oxidation sites excluding steroid dienone is 1. The summed E-state index contributed by atoms with van der Waals surface area (Å²) >= 11 is 0. The molecule has 110 valence electrons. The number of hydrogen-bond donors (Lipinski definition) is 0. The predicted octanol–water partition coefficient (Wildman–Crippen LogP) is 4.73. The molecule has 0 unspecified atom stereocenters. The number of ketones is 1. The normalized spacial score (nSPS) is 11.1. The van der Waals surface area contributed by atoms with E-state index in [9.17, 15) is 4.79 Å². The summed E-state index contributed by atoms with van der Waals surface area (Å²) in [6.45, 7) is 2.58. The molecule has 3 heteroatoms. The molecule has 0 N–H and O–H groups in total. The lowest BCUT2D eigenvalue weighted by molar-refractivity contribution is 0.102. The van der Waals surface area contributed by atoms with Gasteiger partial charge in [-0.2, -0.15) is 0 Å². The largest absolute Gasteiger partial charge is 0.494 e. The topological polar surface area (TPSA) is 39.4 Å². The van der Waals surface area contributed by atoms with Crippen molar-refractivity contribution in [2.75, 3.05) is 6.61 Å². The molecule has 3 nitrogen and oxygen atoms in total. The number of fused-ring (bicyclic) bond motifs is 1. The minimum Gasteiger partial charge on any atom is -0.494 e.